The average molecular weight is 363 g/mol. The van der Waals surface area contributed by atoms with E-state index < -0.39 is 0 Å². The normalized spacial score (nSPS) is 11.3. The van der Waals surface area contributed by atoms with Crippen molar-refractivity contribution >= 4 is 27.5 Å². The summed E-state index contributed by atoms with van der Waals surface area (Å²) in [5.41, 5.74) is 3.61. The van der Waals surface area contributed by atoms with Gasteiger partial charge in [0.15, 0.2) is 0 Å². The largest absolute Gasteiger partial charge is 0.370 e. The van der Waals surface area contributed by atoms with Crippen molar-refractivity contribution in [2.75, 3.05) is 18.0 Å². The number of nitrogens with zero attached hydrogens (tertiary/aromatic N) is 2. The first-order chi connectivity index (χ1) is 13.3. The highest BCUT2D eigenvalue weighted by molar-refractivity contribution is 6.07. The van der Waals surface area contributed by atoms with Crippen LogP contribution >= 0.6 is 0 Å². The lowest BCUT2D eigenvalue weighted by atomic mass is 10.0. The molecule has 0 saturated carbocycles. The quantitative estimate of drug-likeness (QED) is 0.262. The number of para-hydroxylation sites is 2. The fourth-order valence-electron chi connectivity index (χ4n) is 3.95. The van der Waals surface area contributed by atoms with Gasteiger partial charge in [-0.1, -0.05) is 88.8 Å². The Bertz CT molecular complexity index is 774. The van der Waals surface area contributed by atoms with Crippen molar-refractivity contribution in [2.45, 2.75) is 65.2 Å². The van der Waals surface area contributed by atoms with E-state index in [1.807, 2.05) is 0 Å². The molecule has 27 heavy (non-hydrogen) atoms. The molecule has 0 aliphatic rings. The van der Waals surface area contributed by atoms with Gasteiger partial charge in [0.1, 0.15) is 0 Å². The Morgan fingerprint density at radius 2 is 1.11 bits per heavy atom. The zero-order valence-electron chi connectivity index (χ0n) is 17.1. The molecule has 1 aromatic heterocycles. The predicted octanol–water partition coefficient (Wildman–Crippen LogP) is 7.36. The van der Waals surface area contributed by atoms with Gasteiger partial charge in [0.05, 0.1) is 16.7 Å². The predicted molar refractivity (Wildman–Crippen MR) is 120 cm³/mol. The zero-order chi connectivity index (χ0) is 18.9. The second kappa shape index (κ2) is 10.3. The van der Waals surface area contributed by atoms with Gasteiger partial charge in [-0.25, -0.2) is 4.98 Å². The first-order valence-electron chi connectivity index (χ1n) is 10.9. The molecule has 0 unspecified atom stereocenters. The highest BCUT2D eigenvalue weighted by Crippen LogP contribution is 2.34. The third kappa shape index (κ3) is 5.00. The number of aromatic nitrogens is 1. The summed E-state index contributed by atoms with van der Waals surface area (Å²) in [6.07, 6.45) is 10.4. The maximum absolute atomic E-state index is 4.91. The van der Waals surface area contributed by atoms with Gasteiger partial charge in [-0.2, -0.15) is 0 Å². The lowest BCUT2D eigenvalue weighted by Crippen LogP contribution is -2.26. The fraction of sp³-hybridized carbons (Fsp3) is 0.480. The van der Waals surface area contributed by atoms with Crippen LogP contribution in [0.25, 0.3) is 21.8 Å². The molecule has 3 rings (SSSR count). The van der Waals surface area contributed by atoms with Crippen molar-refractivity contribution in [3.8, 4) is 0 Å². The number of hydrogen-bond acceptors (Lipinski definition) is 2. The van der Waals surface area contributed by atoms with Gasteiger partial charge in [-0.15, -0.1) is 0 Å². The number of anilines is 1. The molecule has 0 saturated heterocycles. The maximum atomic E-state index is 4.91. The molecule has 0 bridgehead atoms. The van der Waals surface area contributed by atoms with Crippen LogP contribution in [0.2, 0.25) is 0 Å². The Labute approximate surface area is 164 Å². The first kappa shape index (κ1) is 19.7. The monoisotopic (exact) mass is 362 g/mol. The molecule has 0 radical (unpaired) electrons. The van der Waals surface area contributed by atoms with Crippen LogP contribution in [-0.2, 0) is 0 Å². The van der Waals surface area contributed by atoms with E-state index in [2.05, 4.69) is 67.3 Å². The first-order valence-corrected chi connectivity index (χ1v) is 10.9. The van der Waals surface area contributed by atoms with Crippen molar-refractivity contribution in [3.63, 3.8) is 0 Å². The lowest BCUT2D eigenvalue weighted by molar-refractivity contribution is 0.610. The number of fused-ring (bicyclic) bond motifs is 2. The molecule has 1 heterocycles. The van der Waals surface area contributed by atoms with Crippen LogP contribution in [0.3, 0.4) is 0 Å². The zero-order valence-corrected chi connectivity index (χ0v) is 17.1. The van der Waals surface area contributed by atoms with Crippen molar-refractivity contribution in [3.05, 3.63) is 48.5 Å². The summed E-state index contributed by atoms with van der Waals surface area (Å²) >= 11 is 0. The number of unbranched alkanes of at least 4 members (excludes halogenated alkanes) is 6. The van der Waals surface area contributed by atoms with Gasteiger partial charge < -0.3 is 4.90 Å². The molecular weight excluding hydrogens is 328 g/mol. The summed E-state index contributed by atoms with van der Waals surface area (Å²) in [7, 11) is 0. The van der Waals surface area contributed by atoms with Gasteiger partial charge in [-0.05, 0) is 25.0 Å². The van der Waals surface area contributed by atoms with Crippen LogP contribution in [0.4, 0.5) is 5.69 Å². The molecule has 0 atom stereocenters. The van der Waals surface area contributed by atoms with Gasteiger partial charge in [0, 0.05) is 23.9 Å². The highest BCUT2D eigenvalue weighted by atomic mass is 15.1. The second-order valence-corrected chi connectivity index (χ2v) is 7.60. The molecule has 2 heteroatoms. The molecule has 0 spiro atoms. The minimum atomic E-state index is 1.11. The molecule has 0 aliphatic heterocycles. The minimum Gasteiger partial charge on any atom is -0.370 e. The summed E-state index contributed by atoms with van der Waals surface area (Å²) in [6, 6.07) is 17.3. The molecule has 2 aromatic carbocycles. The van der Waals surface area contributed by atoms with Crippen LogP contribution < -0.4 is 4.90 Å². The standard InChI is InChI=1S/C25H34N2/c1-3-5-7-13-19-27(20-14-8-6-4-2)25-21-15-9-11-17-23(21)26-24-18-12-10-16-22(24)25/h9-12,15-18H,3-8,13-14,19-20H2,1-2H3. The van der Waals surface area contributed by atoms with Crippen molar-refractivity contribution in [1.82, 2.24) is 4.98 Å². The van der Waals surface area contributed by atoms with E-state index >= 15 is 0 Å². The molecular formula is C25H34N2. The van der Waals surface area contributed by atoms with E-state index in [4.69, 9.17) is 4.98 Å². The Morgan fingerprint density at radius 1 is 0.630 bits per heavy atom. The summed E-state index contributed by atoms with van der Waals surface area (Å²) in [4.78, 5) is 7.56. The highest BCUT2D eigenvalue weighted by Gasteiger charge is 2.15. The van der Waals surface area contributed by atoms with E-state index in [-0.39, 0.29) is 0 Å². The van der Waals surface area contributed by atoms with Crippen molar-refractivity contribution < 1.29 is 0 Å². The molecule has 3 aromatic rings. The van der Waals surface area contributed by atoms with Crippen LogP contribution in [0, 0.1) is 0 Å². The minimum absolute atomic E-state index is 1.11. The van der Waals surface area contributed by atoms with Gasteiger partial charge in [0.2, 0.25) is 0 Å². The summed E-state index contributed by atoms with van der Waals surface area (Å²) in [5, 5.41) is 2.59. The molecule has 0 N–H and O–H groups in total. The van der Waals surface area contributed by atoms with Crippen LogP contribution in [-0.4, -0.2) is 18.1 Å². The van der Waals surface area contributed by atoms with E-state index in [1.54, 1.807) is 0 Å². The fourth-order valence-corrected chi connectivity index (χ4v) is 3.95. The van der Waals surface area contributed by atoms with Crippen molar-refractivity contribution in [1.29, 1.82) is 0 Å². The summed E-state index contributed by atoms with van der Waals surface area (Å²) < 4.78 is 0. The number of benzene rings is 2. The van der Waals surface area contributed by atoms with Crippen LogP contribution in [0.1, 0.15) is 65.2 Å². The molecule has 144 valence electrons. The summed E-state index contributed by atoms with van der Waals surface area (Å²) in [6.45, 7) is 6.85. The van der Waals surface area contributed by atoms with Gasteiger partial charge in [-0.3, -0.25) is 0 Å². The Balaban J connectivity index is 1.97. The number of hydrogen-bond donors (Lipinski definition) is 0. The van der Waals surface area contributed by atoms with Crippen molar-refractivity contribution in [2.24, 2.45) is 0 Å². The Kier molecular flexibility index (Phi) is 7.50. The average Bonchev–Trinajstić information content (AvgIpc) is 2.71. The SMILES string of the molecule is CCCCCCN(CCCCCC)c1c2ccccc2nc2ccccc12. The molecule has 0 aliphatic carbocycles. The maximum Gasteiger partial charge on any atom is 0.0730 e. The third-order valence-corrected chi connectivity index (χ3v) is 5.44. The molecule has 0 amide bonds. The number of rotatable bonds is 11. The number of pyridine rings is 1. The molecule has 2 nitrogen and oxygen atoms in total. The van der Waals surface area contributed by atoms with Crippen LogP contribution in [0.15, 0.2) is 48.5 Å². The molecule has 0 fully saturated rings. The van der Waals surface area contributed by atoms with E-state index in [0.29, 0.717) is 0 Å². The van der Waals surface area contributed by atoms with E-state index in [9.17, 15) is 0 Å². The second-order valence-electron chi connectivity index (χ2n) is 7.60. The van der Waals surface area contributed by atoms with E-state index in [0.717, 1.165) is 24.1 Å². The Hall–Kier alpha value is -2.09. The lowest BCUT2D eigenvalue weighted by Gasteiger charge is -2.28. The topological polar surface area (TPSA) is 16.1 Å². The van der Waals surface area contributed by atoms with E-state index in [1.165, 1.54) is 67.8 Å². The smallest absolute Gasteiger partial charge is 0.0730 e. The third-order valence-electron chi connectivity index (χ3n) is 5.44. The van der Waals surface area contributed by atoms with Crippen LogP contribution in [0.5, 0.6) is 0 Å². The Morgan fingerprint density at radius 3 is 1.59 bits per heavy atom. The van der Waals surface area contributed by atoms with Gasteiger partial charge >= 0.3 is 0 Å². The van der Waals surface area contributed by atoms with Gasteiger partial charge in [0.25, 0.3) is 0 Å². The summed E-state index contributed by atoms with van der Waals surface area (Å²) in [5.74, 6) is 0.